The first kappa shape index (κ1) is 12.0. The summed E-state index contributed by atoms with van der Waals surface area (Å²) >= 11 is 0. The maximum absolute atomic E-state index is 3.89. The predicted octanol–water partition coefficient (Wildman–Crippen LogP) is 2.64. The largest absolute Gasteiger partial charge is 0.314 e. The summed E-state index contributed by atoms with van der Waals surface area (Å²) in [6.45, 7) is 3.73. The van der Waals surface area contributed by atoms with Crippen LogP contribution >= 0.6 is 0 Å². The highest BCUT2D eigenvalue weighted by Crippen LogP contribution is 2.35. The van der Waals surface area contributed by atoms with Gasteiger partial charge in [-0.15, -0.1) is 0 Å². The molecule has 1 saturated carbocycles. The third-order valence-electron chi connectivity index (χ3n) is 5.81. The van der Waals surface area contributed by atoms with E-state index in [1.54, 1.807) is 0 Å². The van der Waals surface area contributed by atoms with E-state index in [9.17, 15) is 0 Å². The molecule has 4 atom stereocenters. The summed E-state index contributed by atoms with van der Waals surface area (Å²) in [5, 5.41) is 3.89. The Morgan fingerprint density at radius 3 is 2.35 bits per heavy atom. The van der Waals surface area contributed by atoms with Gasteiger partial charge >= 0.3 is 0 Å². The molecule has 3 fully saturated rings. The first-order valence-electron chi connectivity index (χ1n) is 7.69. The molecule has 2 heteroatoms. The van der Waals surface area contributed by atoms with Crippen molar-refractivity contribution in [2.75, 3.05) is 13.6 Å². The van der Waals surface area contributed by atoms with Gasteiger partial charge in [0.15, 0.2) is 0 Å². The van der Waals surface area contributed by atoms with E-state index in [-0.39, 0.29) is 0 Å². The van der Waals surface area contributed by atoms with Crippen LogP contribution in [0.3, 0.4) is 0 Å². The summed E-state index contributed by atoms with van der Waals surface area (Å²) in [5.74, 6) is 1.93. The van der Waals surface area contributed by atoms with Gasteiger partial charge in [0, 0.05) is 18.1 Å². The van der Waals surface area contributed by atoms with Crippen LogP contribution in [0.1, 0.15) is 51.9 Å². The lowest BCUT2D eigenvalue weighted by Gasteiger charge is -2.37. The van der Waals surface area contributed by atoms with Crippen LogP contribution in [0.4, 0.5) is 0 Å². The number of nitrogens with one attached hydrogen (secondary N) is 1. The second-order valence-corrected chi connectivity index (χ2v) is 6.80. The van der Waals surface area contributed by atoms with E-state index in [4.69, 9.17) is 0 Å². The molecule has 3 aliphatic rings. The molecule has 98 valence electrons. The molecule has 2 bridgehead atoms. The smallest absolute Gasteiger partial charge is 0.0111 e. The molecule has 17 heavy (non-hydrogen) atoms. The van der Waals surface area contributed by atoms with Crippen LogP contribution in [0.25, 0.3) is 0 Å². The van der Waals surface area contributed by atoms with Crippen molar-refractivity contribution in [3.05, 3.63) is 0 Å². The first-order valence-corrected chi connectivity index (χ1v) is 7.69. The molecule has 2 saturated heterocycles. The second kappa shape index (κ2) is 4.89. The number of fused-ring (bicyclic) bond motifs is 2. The van der Waals surface area contributed by atoms with E-state index < -0.39 is 0 Å². The first-order chi connectivity index (χ1) is 8.24. The molecule has 0 aromatic rings. The molecule has 0 aromatic heterocycles. The van der Waals surface area contributed by atoms with Gasteiger partial charge in [0.1, 0.15) is 0 Å². The van der Waals surface area contributed by atoms with Crippen LogP contribution < -0.4 is 5.32 Å². The van der Waals surface area contributed by atoms with E-state index in [1.807, 2.05) is 0 Å². The summed E-state index contributed by atoms with van der Waals surface area (Å²) < 4.78 is 0. The Kier molecular flexibility index (Phi) is 3.45. The number of nitrogens with zero attached hydrogens (tertiary/aromatic N) is 1. The van der Waals surface area contributed by atoms with E-state index in [0.717, 1.165) is 30.0 Å². The van der Waals surface area contributed by atoms with Gasteiger partial charge in [-0.25, -0.2) is 0 Å². The summed E-state index contributed by atoms with van der Waals surface area (Å²) in [5.41, 5.74) is 0. The zero-order valence-electron chi connectivity index (χ0n) is 11.5. The van der Waals surface area contributed by atoms with E-state index >= 15 is 0 Å². The number of hydrogen-bond donors (Lipinski definition) is 1. The maximum atomic E-state index is 3.89. The zero-order valence-corrected chi connectivity index (χ0v) is 11.5. The minimum absolute atomic E-state index is 0.816. The van der Waals surface area contributed by atoms with Gasteiger partial charge in [0.2, 0.25) is 0 Å². The normalized spacial score (nSPS) is 46.6. The summed E-state index contributed by atoms with van der Waals surface area (Å²) in [6.07, 6.45) is 10.1. The minimum atomic E-state index is 0.816. The van der Waals surface area contributed by atoms with Crippen molar-refractivity contribution in [2.24, 2.45) is 11.8 Å². The molecular weight excluding hydrogens is 208 g/mol. The Labute approximate surface area is 106 Å². The van der Waals surface area contributed by atoms with Crippen molar-refractivity contribution in [2.45, 2.75) is 70.0 Å². The fourth-order valence-corrected chi connectivity index (χ4v) is 4.42. The van der Waals surface area contributed by atoms with Gasteiger partial charge in [-0.3, -0.25) is 0 Å². The van der Waals surface area contributed by atoms with Crippen molar-refractivity contribution in [3.63, 3.8) is 0 Å². The van der Waals surface area contributed by atoms with Crippen LogP contribution in [0, 0.1) is 11.8 Å². The Morgan fingerprint density at radius 1 is 1.06 bits per heavy atom. The Hall–Kier alpha value is -0.0800. The van der Waals surface area contributed by atoms with Crippen molar-refractivity contribution in [1.82, 2.24) is 10.2 Å². The maximum Gasteiger partial charge on any atom is 0.0111 e. The molecule has 1 N–H and O–H groups in total. The minimum Gasteiger partial charge on any atom is -0.314 e. The Balaban J connectivity index is 1.47. The van der Waals surface area contributed by atoms with Gasteiger partial charge in [-0.05, 0) is 57.5 Å². The molecule has 0 amide bonds. The molecule has 2 aliphatic heterocycles. The van der Waals surface area contributed by atoms with Gasteiger partial charge in [0.05, 0.1) is 0 Å². The molecule has 4 unspecified atom stereocenters. The Bertz CT molecular complexity index is 252. The average molecular weight is 236 g/mol. The number of hydrogen-bond acceptors (Lipinski definition) is 2. The highest BCUT2D eigenvalue weighted by molar-refractivity contribution is 4.96. The van der Waals surface area contributed by atoms with Gasteiger partial charge in [-0.1, -0.05) is 19.8 Å². The molecule has 3 rings (SSSR count). The SMILES string of the molecule is CC1CCCC1CNC1CC2CCC(C1)N2C. The monoisotopic (exact) mass is 236 g/mol. The predicted molar refractivity (Wildman–Crippen MR) is 72.1 cm³/mol. The van der Waals surface area contributed by atoms with Gasteiger partial charge in [0.25, 0.3) is 0 Å². The van der Waals surface area contributed by atoms with Crippen LogP contribution in [0.5, 0.6) is 0 Å². The third kappa shape index (κ3) is 2.39. The van der Waals surface area contributed by atoms with Gasteiger partial charge in [-0.2, -0.15) is 0 Å². The van der Waals surface area contributed by atoms with Crippen LogP contribution in [-0.2, 0) is 0 Å². The lowest BCUT2D eigenvalue weighted by molar-refractivity contribution is 0.145. The van der Waals surface area contributed by atoms with Crippen molar-refractivity contribution in [1.29, 1.82) is 0 Å². The van der Waals surface area contributed by atoms with E-state index in [1.165, 1.54) is 51.5 Å². The number of piperidine rings is 1. The summed E-state index contributed by atoms with van der Waals surface area (Å²) in [7, 11) is 2.33. The quantitative estimate of drug-likeness (QED) is 0.810. The van der Waals surface area contributed by atoms with Crippen LogP contribution in [-0.4, -0.2) is 36.6 Å². The topological polar surface area (TPSA) is 15.3 Å². The third-order valence-corrected chi connectivity index (χ3v) is 5.81. The fourth-order valence-electron chi connectivity index (χ4n) is 4.42. The van der Waals surface area contributed by atoms with Crippen molar-refractivity contribution in [3.8, 4) is 0 Å². The highest BCUT2D eigenvalue weighted by atomic mass is 15.2. The van der Waals surface area contributed by atoms with E-state index in [0.29, 0.717) is 0 Å². The summed E-state index contributed by atoms with van der Waals surface area (Å²) in [4.78, 5) is 2.64. The van der Waals surface area contributed by atoms with Crippen molar-refractivity contribution < 1.29 is 0 Å². The van der Waals surface area contributed by atoms with Crippen LogP contribution in [0.2, 0.25) is 0 Å². The fraction of sp³-hybridized carbons (Fsp3) is 1.00. The molecular formula is C15H28N2. The van der Waals surface area contributed by atoms with Gasteiger partial charge < -0.3 is 10.2 Å². The molecule has 0 aromatic carbocycles. The lowest BCUT2D eigenvalue weighted by Crippen LogP contribution is -2.48. The Morgan fingerprint density at radius 2 is 1.76 bits per heavy atom. The lowest BCUT2D eigenvalue weighted by atomic mass is 9.95. The zero-order chi connectivity index (χ0) is 11.8. The second-order valence-electron chi connectivity index (χ2n) is 6.80. The standard InChI is InChI=1S/C15H28N2/c1-11-4-3-5-12(11)10-16-13-8-14-6-7-15(9-13)17(14)2/h11-16H,3-10H2,1-2H3. The molecule has 2 heterocycles. The number of rotatable bonds is 3. The average Bonchev–Trinajstić information content (AvgIpc) is 2.78. The highest BCUT2D eigenvalue weighted by Gasteiger charge is 2.38. The molecule has 0 radical (unpaired) electrons. The van der Waals surface area contributed by atoms with Crippen molar-refractivity contribution >= 4 is 0 Å². The molecule has 2 nitrogen and oxygen atoms in total. The van der Waals surface area contributed by atoms with E-state index in [2.05, 4.69) is 24.2 Å². The summed E-state index contributed by atoms with van der Waals surface area (Å²) in [6, 6.07) is 2.58. The van der Waals surface area contributed by atoms with Crippen LogP contribution in [0.15, 0.2) is 0 Å². The molecule has 1 aliphatic carbocycles. The molecule has 0 spiro atoms.